The fourth-order valence-corrected chi connectivity index (χ4v) is 3.50. The first-order valence-corrected chi connectivity index (χ1v) is 8.86. The molecule has 25 heavy (non-hydrogen) atoms. The zero-order chi connectivity index (χ0) is 17.1. The van der Waals surface area contributed by atoms with E-state index in [4.69, 9.17) is 0 Å². The molecule has 0 bridgehead atoms. The van der Waals surface area contributed by atoms with Gasteiger partial charge in [0.2, 0.25) is 0 Å². The first kappa shape index (κ1) is 15.9. The summed E-state index contributed by atoms with van der Waals surface area (Å²) >= 11 is 0. The number of benzene rings is 1. The Morgan fingerprint density at radius 1 is 1.20 bits per heavy atom. The van der Waals surface area contributed by atoms with Gasteiger partial charge in [0.25, 0.3) is 0 Å². The zero-order valence-corrected chi connectivity index (χ0v) is 14.5. The predicted octanol–water partition coefficient (Wildman–Crippen LogP) is 4.42. The van der Waals surface area contributed by atoms with Crippen LogP contribution in [0.2, 0.25) is 0 Å². The molecule has 3 nitrogen and oxygen atoms in total. The molecule has 0 radical (unpaired) electrons. The van der Waals surface area contributed by atoms with Crippen molar-refractivity contribution in [2.75, 3.05) is 6.54 Å². The molecule has 1 aliphatic rings. The molecular formula is C22H23N3. The molecule has 0 amide bonds. The predicted molar refractivity (Wildman–Crippen MR) is 105 cm³/mol. The Kier molecular flexibility index (Phi) is 4.49. The van der Waals surface area contributed by atoms with Gasteiger partial charge in [-0.3, -0.25) is 0 Å². The highest BCUT2D eigenvalue weighted by Gasteiger charge is 2.16. The molecule has 0 saturated carbocycles. The SMILES string of the molecule is Cc1cccc(C=CC2=CCNC(Cc3c[nH]c4ncccc34)C2)c1. The minimum Gasteiger partial charge on any atom is -0.346 e. The second-order valence-corrected chi connectivity index (χ2v) is 6.75. The highest BCUT2D eigenvalue weighted by atomic mass is 14.9. The van der Waals surface area contributed by atoms with Crippen LogP contribution in [-0.4, -0.2) is 22.6 Å². The van der Waals surface area contributed by atoms with E-state index >= 15 is 0 Å². The number of hydrogen-bond acceptors (Lipinski definition) is 2. The molecule has 0 aliphatic carbocycles. The maximum absolute atomic E-state index is 4.38. The van der Waals surface area contributed by atoms with E-state index in [1.165, 1.54) is 27.6 Å². The molecule has 0 saturated heterocycles. The quantitative estimate of drug-likeness (QED) is 0.744. The fraction of sp³-hybridized carbons (Fsp3) is 0.227. The van der Waals surface area contributed by atoms with Crippen LogP contribution in [0.15, 0.2) is 66.5 Å². The standard InChI is InChI=1S/C22H23N3/c1-16-4-2-5-17(12-16)7-8-18-9-11-23-20(13-18)14-19-15-25-22-21(19)6-3-10-24-22/h2-10,12,15,20,23H,11,13-14H2,1H3,(H,24,25). The van der Waals surface area contributed by atoms with Crippen molar-refractivity contribution in [2.45, 2.75) is 25.8 Å². The van der Waals surface area contributed by atoms with E-state index in [0.717, 1.165) is 25.0 Å². The van der Waals surface area contributed by atoms with Gasteiger partial charge in [-0.2, -0.15) is 0 Å². The van der Waals surface area contributed by atoms with Crippen LogP contribution >= 0.6 is 0 Å². The van der Waals surface area contributed by atoms with E-state index < -0.39 is 0 Å². The number of aromatic nitrogens is 2. The van der Waals surface area contributed by atoms with Crippen LogP contribution in [0.5, 0.6) is 0 Å². The molecule has 1 aliphatic heterocycles. The average molecular weight is 329 g/mol. The van der Waals surface area contributed by atoms with Crippen LogP contribution in [0.1, 0.15) is 23.1 Å². The van der Waals surface area contributed by atoms with Gasteiger partial charge in [0.05, 0.1) is 0 Å². The molecule has 0 fully saturated rings. The summed E-state index contributed by atoms with van der Waals surface area (Å²) in [5, 5.41) is 4.85. The lowest BCUT2D eigenvalue weighted by Gasteiger charge is -2.23. The molecule has 1 unspecified atom stereocenters. The van der Waals surface area contributed by atoms with Gasteiger partial charge in [-0.25, -0.2) is 4.98 Å². The maximum Gasteiger partial charge on any atom is 0.137 e. The molecule has 1 aromatic carbocycles. The highest BCUT2D eigenvalue weighted by molar-refractivity contribution is 5.79. The lowest BCUT2D eigenvalue weighted by Crippen LogP contribution is -2.34. The third kappa shape index (κ3) is 3.72. The monoisotopic (exact) mass is 329 g/mol. The van der Waals surface area contributed by atoms with E-state index in [9.17, 15) is 0 Å². The second-order valence-electron chi connectivity index (χ2n) is 6.75. The Hall–Kier alpha value is -2.65. The zero-order valence-electron chi connectivity index (χ0n) is 14.5. The lowest BCUT2D eigenvalue weighted by molar-refractivity contribution is 0.517. The summed E-state index contributed by atoms with van der Waals surface area (Å²) in [6, 6.07) is 13.2. The van der Waals surface area contributed by atoms with Gasteiger partial charge < -0.3 is 10.3 Å². The smallest absolute Gasteiger partial charge is 0.137 e. The van der Waals surface area contributed by atoms with Crippen LogP contribution in [0.3, 0.4) is 0 Å². The Morgan fingerprint density at radius 2 is 2.16 bits per heavy atom. The van der Waals surface area contributed by atoms with E-state index in [-0.39, 0.29) is 0 Å². The third-order valence-electron chi connectivity index (χ3n) is 4.79. The number of hydrogen-bond donors (Lipinski definition) is 2. The third-order valence-corrected chi connectivity index (χ3v) is 4.79. The summed E-state index contributed by atoms with van der Waals surface area (Å²) in [5.41, 5.74) is 6.28. The number of rotatable bonds is 4. The molecule has 3 aromatic rings. The minimum absolute atomic E-state index is 0.460. The first-order chi connectivity index (χ1) is 12.3. The summed E-state index contributed by atoms with van der Waals surface area (Å²) in [4.78, 5) is 7.65. The van der Waals surface area contributed by atoms with Gasteiger partial charge in [-0.15, -0.1) is 0 Å². The maximum atomic E-state index is 4.38. The number of H-pyrrole nitrogens is 1. The molecule has 126 valence electrons. The molecule has 4 rings (SSSR count). The Morgan fingerprint density at radius 3 is 3.08 bits per heavy atom. The van der Waals surface area contributed by atoms with Gasteiger partial charge in [-0.05, 0) is 48.6 Å². The van der Waals surface area contributed by atoms with Crippen LogP contribution in [0.25, 0.3) is 17.1 Å². The molecule has 0 spiro atoms. The summed E-state index contributed by atoms with van der Waals surface area (Å²) in [6.45, 7) is 3.06. The van der Waals surface area contributed by atoms with Crippen LogP contribution in [-0.2, 0) is 6.42 Å². The molecule has 3 heterocycles. The van der Waals surface area contributed by atoms with Crippen molar-refractivity contribution in [3.05, 3.63) is 83.2 Å². The van der Waals surface area contributed by atoms with Crippen molar-refractivity contribution in [1.82, 2.24) is 15.3 Å². The van der Waals surface area contributed by atoms with Crippen molar-refractivity contribution in [3.63, 3.8) is 0 Å². The van der Waals surface area contributed by atoms with Crippen molar-refractivity contribution < 1.29 is 0 Å². The number of pyridine rings is 1. The van der Waals surface area contributed by atoms with Gasteiger partial charge in [0.15, 0.2) is 0 Å². The van der Waals surface area contributed by atoms with Crippen molar-refractivity contribution in [1.29, 1.82) is 0 Å². The largest absolute Gasteiger partial charge is 0.346 e. The van der Waals surface area contributed by atoms with Crippen LogP contribution in [0, 0.1) is 6.92 Å². The number of fused-ring (bicyclic) bond motifs is 1. The summed E-state index contributed by atoms with van der Waals surface area (Å²) in [6.07, 6.45) is 12.8. The molecule has 2 N–H and O–H groups in total. The van der Waals surface area contributed by atoms with Crippen LogP contribution < -0.4 is 5.32 Å². The Labute approximate surface area is 148 Å². The lowest BCUT2D eigenvalue weighted by atomic mass is 9.95. The van der Waals surface area contributed by atoms with Gasteiger partial charge in [-0.1, -0.05) is 48.1 Å². The van der Waals surface area contributed by atoms with Gasteiger partial charge in [0.1, 0.15) is 5.65 Å². The molecule has 1 atom stereocenters. The number of aryl methyl sites for hydroxylation is 1. The summed E-state index contributed by atoms with van der Waals surface area (Å²) in [5.74, 6) is 0. The number of nitrogens with one attached hydrogen (secondary N) is 2. The molecular weight excluding hydrogens is 306 g/mol. The van der Waals surface area contributed by atoms with Gasteiger partial charge >= 0.3 is 0 Å². The van der Waals surface area contributed by atoms with E-state index in [1.807, 2.05) is 12.3 Å². The van der Waals surface area contributed by atoms with E-state index in [2.05, 4.69) is 77.0 Å². The van der Waals surface area contributed by atoms with E-state index in [1.54, 1.807) is 0 Å². The number of allylic oxidation sites excluding steroid dienone is 1. The summed E-state index contributed by atoms with van der Waals surface area (Å²) < 4.78 is 0. The minimum atomic E-state index is 0.460. The van der Waals surface area contributed by atoms with Crippen molar-refractivity contribution in [3.8, 4) is 0 Å². The molecule has 3 heteroatoms. The molecule has 2 aromatic heterocycles. The summed E-state index contributed by atoms with van der Waals surface area (Å²) in [7, 11) is 0. The highest BCUT2D eigenvalue weighted by Crippen LogP contribution is 2.21. The number of aromatic amines is 1. The normalized spacial score (nSPS) is 18.0. The fourth-order valence-electron chi connectivity index (χ4n) is 3.50. The number of nitrogens with zero attached hydrogens (tertiary/aromatic N) is 1. The second kappa shape index (κ2) is 7.08. The average Bonchev–Trinajstić information content (AvgIpc) is 3.04. The topological polar surface area (TPSA) is 40.7 Å². The van der Waals surface area contributed by atoms with E-state index in [0.29, 0.717) is 6.04 Å². The Bertz CT molecular complexity index is 933. The van der Waals surface area contributed by atoms with Crippen molar-refractivity contribution >= 4 is 17.1 Å². The van der Waals surface area contributed by atoms with Crippen LogP contribution in [0.4, 0.5) is 0 Å². The van der Waals surface area contributed by atoms with Gasteiger partial charge in [0, 0.05) is 30.4 Å². The van der Waals surface area contributed by atoms with Crippen molar-refractivity contribution in [2.24, 2.45) is 0 Å². The Balaban J connectivity index is 1.45. The first-order valence-electron chi connectivity index (χ1n) is 8.86.